The Bertz CT molecular complexity index is 843. The molecule has 2 atom stereocenters. The summed E-state index contributed by atoms with van der Waals surface area (Å²) in [5.74, 6) is -0.0951. The monoisotopic (exact) mass is 349 g/mol. The molecule has 3 aromatic carbocycles. The van der Waals surface area contributed by atoms with E-state index in [2.05, 4.69) is 0 Å². The van der Waals surface area contributed by atoms with Crippen LogP contribution in [0.4, 0.5) is 11.4 Å². The summed E-state index contributed by atoms with van der Waals surface area (Å²) in [6, 6.07) is 26.6. The van der Waals surface area contributed by atoms with Crippen molar-refractivity contribution in [1.82, 2.24) is 0 Å². The van der Waals surface area contributed by atoms with Crippen molar-refractivity contribution in [3.8, 4) is 0 Å². The molecule has 1 heterocycles. The first kappa shape index (κ1) is 15.9. The van der Waals surface area contributed by atoms with Crippen molar-refractivity contribution >= 4 is 28.9 Å². The molecule has 4 heteroatoms. The van der Waals surface area contributed by atoms with Crippen LogP contribution in [0.3, 0.4) is 0 Å². The Hall–Kier alpha value is -2.62. The molecule has 1 aliphatic heterocycles. The van der Waals surface area contributed by atoms with Gasteiger partial charge in [-0.2, -0.15) is 0 Å². The highest BCUT2D eigenvalue weighted by Crippen LogP contribution is 2.44. The zero-order valence-corrected chi connectivity index (χ0v) is 14.1. The highest BCUT2D eigenvalue weighted by atomic mass is 35.5. The van der Waals surface area contributed by atoms with Crippen LogP contribution >= 0.6 is 11.6 Å². The van der Waals surface area contributed by atoms with E-state index in [0.29, 0.717) is 5.02 Å². The van der Waals surface area contributed by atoms with Gasteiger partial charge in [0.1, 0.15) is 6.10 Å². The smallest absolute Gasteiger partial charge is 0.263 e. The summed E-state index contributed by atoms with van der Waals surface area (Å²) in [7, 11) is 0. The minimum Gasteiger partial charge on any atom is -0.354 e. The standard InChI is InChI=1S/C21H16ClNO2/c22-18-14-8-7-13-17(18)19-20(25-19)21(24)23(15-9-3-1-4-10-15)16-11-5-2-6-12-16/h1-14,19-20H/t19-,20+/m1/s1. The number of hydrogen-bond acceptors (Lipinski definition) is 2. The zero-order chi connectivity index (χ0) is 17.2. The van der Waals surface area contributed by atoms with Gasteiger partial charge in [0.2, 0.25) is 0 Å². The number of para-hydroxylation sites is 2. The average molecular weight is 350 g/mol. The van der Waals surface area contributed by atoms with Gasteiger partial charge in [-0.1, -0.05) is 66.2 Å². The van der Waals surface area contributed by atoms with Crippen LogP contribution in [0.2, 0.25) is 5.02 Å². The van der Waals surface area contributed by atoms with Gasteiger partial charge in [-0.05, 0) is 30.3 Å². The molecule has 0 aliphatic carbocycles. The summed E-state index contributed by atoms with van der Waals surface area (Å²) in [6.45, 7) is 0. The molecule has 1 fully saturated rings. The highest BCUT2D eigenvalue weighted by molar-refractivity contribution is 6.31. The van der Waals surface area contributed by atoms with Crippen LogP contribution < -0.4 is 4.90 Å². The van der Waals surface area contributed by atoms with Crippen LogP contribution in [0.1, 0.15) is 11.7 Å². The summed E-state index contributed by atoms with van der Waals surface area (Å²) in [6.07, 6.45) is -0.823. The van der Waals surface area contributed by atoms with Gasteiger partial charge in [-0.25, -0.2) is 0 Å². The predicted molar refractivity (Wildman–Crippen MR) is 99.1 cm³/mol. The molecular formula is C21H16ClNO2. The first-order valence-corrected chi connectivity index (χ1v) is 8.47. The maximum Gasteiger partial charge on any atom is 0.263 e. The number of nitrogens with zero attached hydrogens (tertiary/aromatic N) is 1. The summed E-state index contributed by atoms with van der Waals surface area (Å²) in [5.41, 5.74) is 2.47. The number of anilines is 2. The number of benzene rings is 3. The quantitative estimate of drug-likeness (QED) is 0.610. The third-order valence-corrected chi connectivity index (χ3v) is 4.54. The third kappa shape index (κ3) is 3.16. The van der Waals surface area contributed by atoms with Gasteiger partial charge in [-0.3, -0.25) is 9.69 Å². The molecule has 124 valence electrons. The number of amides is 1. The summed E-state index contributed by atoms with van der Waals surface area (Å²) in [4.78, 5) is 14.9. The molecule has 3 aromatic rings. The van der Waals surface area contributed by atoms with E-state index in [-0.39, 0.29) is 12.0 Å². The van der Waals surface area contributed by atoms with Crippen LogP contribution in [0.15, 0.2) is 84.9 Å². The third-order valence-electron chi connectivity index (χ3n) is 4.20. The molecule has 1 amide bonds. The largest absolute Gasteiger partial charge is 0.354 e. The highest BCUT2D eigenvalue weighted by Gasteiger charge is 2.49. The van der Waals surface area contributed by atoms with Crippen LogP contribution in [0.5, 0.6) is 0 Å². The lowest BCUT2D eigenvalue weighted by molar-refractivity contribution is -0.119. The van der Waals surface area contributed by atoms with Crippen molar-refractivity contribution in [3.05, 3.63) is 95.5 Å². The van der Waals surface area contributed by atoms with E-state index in [0.717, 1.165) is 16.9 Å². The van der Waals surface area contributed by atoms with Gasteiger partial charge in [0.25, 0.3) is 5.91 Å². The zero-order valence-electron chi connectivity index (χ0n) is 13.4. The van der Waals surface area contributed by atoms with E-state index >= 15 is 0 Å². The minimum absolute atomic E-state index is 0.0951. The van der Waals surface area contributed by atoms with Gasteiger partial charge in [0, 0.05) is 22.0 Å². The van der Waals surface area contributed by atoms with Gasteiger partial charge in [0.05, 0.1) is 0 Å². The Morgan fingerprint density at radius 3 is 1.88 bits per heavy atom. The molecule has 0 spiro atoms. The first-order chi connectivity index (χ1) is 12.3. The average Bonchev–Trinajstić information content (AvgIpc) is 3.45. The SMILES string of the molecule is O=C([C@H]1O[C@@H]1c1ccccc1Cl)N(c1ccccc1)c1ccccc1. The van der Waals surface area contributed by atoms with E-state index in [1.807, 2.05) is 84.9 Å². The van der Waals surface area contributed by atoms with E-state index in [1.165, 1.54) is 0 Å². The van der Waals surface area contributed by atoms with E-state index in [1.54, 1.807) is 4.90 Å². The second-order valence-corrected chi connectivity index (χ2v) is 6.25. The van der Waals surface area contributed by atoms with Gasteiger partial charge >= 0.3 is 0 Å². The molecule has 0 bridgehead atoms. The lowest BCUT2D eigenvalue weighted by Crippen LogP contribution is -2.30. The van der Waals surface area contributed by atoms with E-state index < -0.39 is 6.10 Å². The van der Waals surface area contributed by atoms with E-state index in [4.69, 9.17) is 16.3 Å². The molecule has 1 aliphatic rings. The van der Waals surface area contributed by atoms with Crippen LogP contribution in [-0.4, -0.2) is 12.0 Å². The number of ether oxygens (including phenoxy) is 1. The van der Waals surface area contributed by atoms with Crippen LogP contribution in [-0.2, 0) is 9.53 Å². The molecule has 0 aromatic heterocycles. The van der Waals surface area contributed by atoms with Gasteiger partial charge in [-0.15, -0.1) is 0 Å². The van der Waals surface area contributed by atoms with Crippen molar-refractivity contribution in [2.24, 2.45) is 0 Å². The second kappa shape index (κ2) is 6.71. The molecular weight excluding hydrogens is 334 g/mol. The normalized spacial score (nSPS) is 18.6. The molecule has 4 rings (SSSR count). The van der Waals surface area contributed by atoms with Crippen molar-refractivity contribution < 1.29 is 9.53 Å². The van der Waals surface area contributed by atoms with Crippen LogP contribution in [0, 0.1) is 0 Å². The Morgan fingerprint density at radius 1 is 0.800 bits per heavy atom. The van der Waals surface area contributed by atoms with Crippen molar-refractivity contribution in [3.63, 3.8) is 0 Å². The fraction of sp³-hybridized carbons (Fsp3) is 0.0952. The molecule has 0 unspecified atom stereocenters. The Kier molecular flexibility index (Phi) is 4.26. The van der Waals surface area contributed by atoms with Gasteiger partial charge < -0.3 is 4.74 Å². The number of hydrogen-bond donors (Lipinski definition) is 0. The summed E-state index contributed by atoms with van der Waals surface area (Å²) < 4.78 is 5.69. The van der Waals surface area contributed by atoms with Crippen molar-refractivity contribution in [1.29, 1.82) is 0 Å². The maximum atomic E-state index is 13.2. The Balaban J connectivity index is 1.65. The topological polar surface area (TPSA) is 32.8 Å². The predicted octanol–water partition coefficient (Wildman–Crippen LogP) is 5.14. The number of carbonyl (C=O) groups is 1. The number of halogens is 1. The molecule has 0 N–H and O–H groups in total. The van der Waals surface area contributed by atoms with Crippen molar-refractivity contribution in [2.45, 2.75) is 12.2 Å². The van der Waals surface area contributed by atoms with Crippen LogP contribution in [0.25, 0.3) is 0 Å². The van der Waals surface area contributed by atoms with Crippen molar-refractivity contribution in [2.75, 3.05) is 4.90 Å². The molecule has 25 heavy (non-hydrogen) atoms. The van der Waals surface area contributed by atoms with Gasteiger partial charge in [0.15, 0.2) is 6.10 Å². The number of carbonyl (C=O) groups excluding carboxylic acids is 1. The molecule has 0 radical (unpaired) electrons. The fourth-order valence-corrected chi connectivity index (χ4v) is 3.17. The molecule has 3 nitrogen and oxygen atoms in total. The lowest BCUT2D eigenvalue weighted by atomic mass is 10.1. The first-order valence-electron chi connectivity index (χ1n) is 8.09. The minimum atomic E-state index is -0.527. The summed E-state index contributed by atoms with van der Waals surface area (Å²) in [5, 5.41) is 0.619. The second-order valence-electron chi connectivity index (χ2n) is 5.84. The Labute approximate surface area is 151 Å². The number of epoxide rings is 1. The molecule has 0 saturated carbocycles. The maximum absolute atomic E-state index is 13.2. The summed E-state index contributed by atoms with van der Waals surface area (Å²) >= 11 is 6.24. The lowest BCUT2D eigenvalue weighted by Gasteiger charge is -2.22. The Morgan fingerprint density at radius 2 is 1.32 bits per heavy atom. The number of rotatable bonds is 4. The fourth-order valence-electron chi connectivity index (χ4n) is 2.93. The van der Waals surface area contributed by atoms with E-state index in [9.17, 15) is 4.79 Å². The molecule has 1 saturated heterocycles.